The largest absolute Gasteiger partial charge is 0.489 e. The molecule has 1 aromatic heterocycles. The number of sulfonamides is 1. The summed E-state index contributed by atoms with van der Waals surface area (Å²) in [7, 11) is -3.60. The van der Waals surface area contributed by atoms with Crippen LogP contribution in [0.3, 0.4) is 0 Å². The van der Waals surface area contributed by atoms with Crippen LogP contribution in [0, 0.1) is 13.8 Å². The number of hydrogen-bond donors (Lipinski definition) is 0. The minimum Gasteiger partial charge on any atom is -0.489 e. The van der Waals surface area contributed by atoms with Gasteiger partial charge in [-0.2, -0.15) is 4.31 Å². The fourth-order valence-electron chi connectivity index (χ4n) is 3.21. The maximum Gasteiger partial charge on any atom is 0.248 e. The van der Waals surface area contributed by atoms with Gasteiger partial charge in [-0.1, -0.05) is 17.3 Å². The Morgan fingerprint density at radius 1 is 1.12 bits per heavy atom. The predicted octanol–water partition coefficient (Wildman–Crippen LogP) is 2.59. The highest BCUT2D eigenvalue weighted by atomic mass is 32.2. The summed E-state index contributed by atoms with van der Waals surface area (Å²) >= 11 is 0. The molecule has 0 aliphatic carbocycles. The Morgan fingerprint density at radius 3 is 2.35 bits per heavy atom. The number of aryl methyl sites for hydroxylation is 2. The summed E-state index contributed by atoms with van der Waals surface area (Å²) in [6.45, 7) is 9.27. The van der Waals surface area contributed by atoms with Gasteiger partial charge in [0.15, 0.2) is 5.76 Å². The molecule has 0 bridgehead atoms. The van der Waals surface area contributed by atoms with E-state index in [4.69, 9.17) is 9.26 Å². The van der Waals surface area contributed by atoms with E-state index < -0.39 is 10.0 Å². The Balaban J connectivity index is 1.76. The second-order valence-electron chi connectivity index (χ2n) is 6.68. The van der Waals surface area contributed by atoms with Crippen molar-refractivity contribution in [1.82, 2.24) is 9.46 Å². The highest BCUT2D eigenvalue weighted by molar-refractivity contribution is 7.89. The second-order valence-corrected chi connectivity index (χ2v) is 8.55. The molecule has 0 atom stereocenters. The zero-order valence-electron chi connectivity index (χ0n) is 15.6. The van der Waals surface area contributed by atoms with Gasteiger partial charge in [-0.25, -0.2) is 8.42 Å². The Labute approximate surface area is 154 Å². The van der Waals surface area contributed by atoms with Crippen molar-refractivity contribution in [2.75, 3.05) is 31.1 Å². The van der Waals surface area contributed by atoms with Crippen molar-refractivity contribution in [3.8, 4) is 5.75 Å². The first kappa shape index (κ1) is 18.7. The normalized spacial score (nSPS) is 16.3. The van der Waals surface area contributed by atoms with E-state index in [1.807, 2.05) is 38.1 Å². The van der Waals surface area contributed by atoms with Crippen LogP contribution in [0.1, 0.15) is 25.3 Å². The van der Waals surface area contributed by atoms with Crippen LogP contribution in [0.2, 0.25) is 0 Å². The molecule has 0 unspecified atom stereocenters. The molecule has 142 valence electrons. The molecule has 1 aliphatic rings. The summed E-state index contributed by atoms with van der Waals surface area (Å²) in [5, 5.41) is 3.77. The molecule has 8 heteroatoms. The molecular weight excluding hydrogens is 354 g/mol. The second kappa shape index (κ2) is 7.28. The minimum absolute atomic E-state index is 0.0809. The van der Waals surface area contributed by atoms with Crippen molar-refractivity contribution in [2.24, 2.45) is 0 Å². The van der Waals surface area contributed by atoms with E-state index in [0.717, 1.165) is 11.4 Å². The molecule has 1 fully saturated rings. The third-order valence-electron chi connectivity index (χ3n) is 4.37. The number of para-hydroxylation sites is 2. The van der Waals surface area contributed by atoms with Gasteiger partial charge in [0, 0.05) is 26.2 Å². The maximum absolute atomic E-state index is 12.9. The predicted molar refractivity (Wildman–Crippen MR) is 99.2 cm³/mol. The van der Waals surface area contributed by atoms with Gasteiger partial charge in [0.05, 0.1) is 11.8 Å². The Morgan fingerprint density at radius 2 is 1.77 bits per heavy atom. The molecule has 2 heterocycles. The topological polar surface area (TPSA) is 75.9 Å². The molecular formula is C18H25N3O4S. The minimum atomic E-state index is -3.60. The van der Waals surface area contributed by atoms with E-state index in [-0.39, 0.29) is 11.0 Å². The highest BCUT2D eigenvalue weighted by Crippen LogP contribution is 2.31. The molecule has 0 amide bonds. The van der Waals surface area contributed by atoms with Crippen LogP contribution < -0.4 is 9.64 Å². The average molecular weight is 379 g/mol. The van der Waals surface area contributed by atoms with Crippen LogP contribution in [-0.2, 0) is 10.0 Å². The van der Waals surface area contributed by atoms with Crippen molar-refractivity contribution in [2.45, 2.75) is 38.7 Å². The van der Waals surface area contributed by atoms with Gasteiger partial charge >= 0.3 is 0 Å². The molecule has 0 saturated carbocycles. The SMILES string of the molecule is Cc1noc(C)c1S(=O)(=O)N1CCN(c2ccccc2OC(C)C)CC1. The summed E-state index contributed by atoms with van der Waals surface area (Å²) in [5.41, 5.74) is 1.40. The van der Waals surface area contributed by atoms with Gasteiger partial charge in [-0.05, 0) is 39.8 Å². The summed E-state index contributed by atoms with van der Waals surface area (Å²) in [6.07, 6.45) is 0.0809. The molecule has 0 spiro atoms. The first-order valence-corrected chi connectivity index (χ1v) is 10.2. The number of rotatable bonds is 5. The molecule has 1 aliphatic heterocycles. The van der Waals surface area contributed by atoms with Gasteiger partial charge in [0.1, 0.15) is 16.3 Å². The van der Waals surface area contributed by atoms with Crippen LogP contribution in [0.5, 0.6) is 5.75 Å². The number of nitrogens with zero attached hydrogens (tertiary/aromatic N) is 3. The Kier molecular flexibility index (Phi) is 5.24. The summed E-state index contributed by atoms with van der Waals surface area (Å²) < 4.78 is 38.3. The Hall–Kier alpha value is -2.06. The Bertz CT molecular complexity index is 849. The standard InChI is InChI=1S/C18H25N3O4S/c1-13(2)24-17-8-6-5-7-16(17)20-9-11-21(12-10-20)26(22,23)18-14(3)19-25-15(18)4/h5-8,13H,9-12H2,1-4H3. The van der Waals surface area contributed by atoms with E-state index in [1.54, 1.807) is 13.8 Å². The number of benzene rings is 1. The lowest BCUT2D eigenvalue weighted by molar-refractivity contribution is 0.242. The lowest BCUT2D eigenvalue weighted by Gasteiger charge is -2.36. The van der Waals surface area contributed by atoms with Gasteiger partial charge in [-0.15, -0.1) is 0 Å². The van der Waals surface area contributed by atoms with Crippen molar-refractivity contribution in [3.05, 3.63) is 35.7 Å². The molecule has 2 aromatic rings. The van der Waals surface area contributed by atoms with Crippen LogP contribution in [0.4, 0.5) is 5.69 Å². The lowest BCUT2D eigenvalue weighted by atomic mass is 10.2. The summed E-state index contributed by atoms with van der Waals surface area (Å²) in [5.74, 6) is 1.16. The van der Waals surface area contributed by atoms with Crippen molar-refractivity contribution < 1.29 is 17.7 Å². The fraction of sp³-hybridized carbons (Fsp3) is 0.500. The van der Waals surface area contributed by atoms with E-state index in [1.165, 1.54) is 4.31 Å². The number of hydrogen-bond acceptors (Lipinski definition) is 6. The third kappa shape index (κ3) is 3.57. The fourth-order valence-corrected chi connectivity index (χ4v) is 4.93. The first-order chi connectivity index (χ1) is 12.3. The van der Waals surface area contributed by atoms with Crippen molar-refractivity contribution in [1.29, 1.82) is 0 Å². The van der Waals surface area contributed by atoms with Crippen molar-refractivity contribution >= 4 is 15.7 Å². The zero-order chi connectivity index (χ0) is 18.9. The monoisotopic (exact) mass is 379 g/mol. The van der Waals surface area contributed by atoms with E-state index in [2.05, 4.69) is 10.1 Å². The molecule has 26 heavy (non-hydrogen) atoms. The highest BCUT2D eigenvalue weighted by Gasteiger charge is 2.33. The van der Waals surface area contributed by atoms with Gasteiger partial charge in [0.2, 0.25) is 10.0 Å². The molecule has 1 saturated heterocycles. The summed E-state index contributed by atoms with van der Waals surface area (Å²) in [6, 6.07) is 7.87. The smallest absolute Gasteiger partial charge is 0.248 e. The van der Waals surface area contributed by atoms with E-state index >= 15 is 0 Å². The molecule has 1 aromatic carbocycles. The number of ether oxygens (including phenoxy) is 1. The number of aromatic nitrogens is 1. The van der Waals surface area contributed by atoms with Gasteiger partial charge < -0.3 is 14.2 Å². The van der Waals surface area contributed by atoms with E-state index in [0.29, 0.717) is 37.6 Å². The molecule has 7 nitrogen and oxygen atoms in total. The molecule has 3 rings (SSSR count). The maximum atomic E-state index is 12.9. The summed E-state index contributed by atoms with van der Waals surface area (Å²) in [4.78, 5) is 2.35. The van der Waals surface area contributed by atoms with Gasteiger partial charge in [0.25, 0.3) is 0 Å². The third-order valence-corrected chi connectivity index (χ3v) is 6.52. The van der Waals surface area contributed by atoms with E-state index in [9.17, 15) is 8.42 Å². The number of piperazine rings is 1. The van der Waals surface area contributed by atoms with Crippen LogP contribution in [0.25, 0.3) is 0 Å². The molecule has 0 radical (unpaired) electrons. The van der Waals surface area contributed by atoms with Crippen LogP contribution in [0.15, 0.2) is 33.7 Å². The quantitative estimate of drug-likeness (QED) is 0.795. The van der Waals surface area contributed by atoms with Crippen LogP contribution >= 0.6 is 0 Å². The van der Waals surface area contributed by atoms with Crippen LogP contribution in [-0.4, -0.2) is 50.2 Å². The van der Waals surface area contributed by atoms with Crippen molar-refractivity contribution in [3.63, 3.8) is 0 Å². The lowest BCUT2D eigenvalue weighted by Crippen LogP contribution is -2.49. The average Bonchev–Trinajstić information content (AvgIpc) is 2.94. The zero-order valence-corrected chi connectivity index (χ0v) is 16.4. The van der Waals surface area contributed by atoms with Gasteiger partial charge in [-0.3, -0.25) is 0 Å². The first-order valence-electron chi connectivity index (χ1n) is 8.74. The number of anilines is 1. The molecule has 0 N–H and O–H groups in total.